The number of methoxy groups -OCH3 is 1. The Hall–Kier alpha value is -3.28. The molecule has 0 amide bonds. The van der Waals surface area contributed by atoms with Gasteiger partial charge in [0.2, 0.25) is 0 Å². The average Bonchev–Trinajstić information content (AvgIpc) is 3.48. The molecular formula is C21H20N2O4. The van der Waals surface area contributed by atoms with Crippen molar-refractivity contribution in [2.45, 2.75) is 25.7 Å². The number of nitrogens with two attached hydrogens (primary N) is 1. The van der Waals surface area contributed by atoms with Gasteiger partial charge in [0.15, 0.2) is 0 Å². The minimum atomic E-state index is -1.19. The Balaban J connectivity index is 2.02. The van der Waals surface area contributed by atoms with Crippen molar-refractivity contribution >= 4 is 17.2 Å². The first-order valence-corrected chi connectivity index (χ1v) is 8.78. The van der Waals surface area contributed by atoms with Crippen LogP contribution < -0.4 is 16.0 Å². The minimum absolute atomic E-state index is 0.185. The SMILES string of the molecule is COc1cc(-c2ccn3c(=O)c(C(=O)O)cc(C4CC4)c3c2C)ccc1N. The number of carboxylic acids is 1. The summed E-state index contributed by atoms with van der Waals surface area (Å²) in [6.07, 6.45) is 3.67. The normalized spacial score (nSPS) is 13.7. The summed E-state index contributed by atoms with van der Waals surface area (Å²) >= 11 is 0. The standard InChI is InChI=1S/C21H20N2O4/c1-11-14(13-5-6-17(22)18(9-13)27-2)7-8-23-19(11)15(12-3-4-12)10-16(20(23)24)21(25)26/h5-10,12H,3-4,22H2,1-2H3,(H,25,26). The molecule has 2 heterocycles. The average molecular weight is 364 g/mol. The maximum Gasteiger partial charge on any atom is 0.341 e. The van der Waals surface area contributed by atoms with Crippen LogP contribution in [0.3, 0.4) is 0 Å². The molecule has 27 heavy (non-hydrogen) atoms. The molecule has 6 heteroatoms. The number of hydrogen-bond donors (Lipinski definition) is 2. The Morgan fingerprint density at radius 2 is 2.00 bits per heavy atom. The lowest BCUT2D eigenvalue weighted by Crippen LogP contribution is -2.23. The van der Waals surface area contributed by atoms with Crippen LogP contribution in [0.15, 0.2) is 41.3 Å². The molecule has 0 atom stereocenters. The second-order valence-corrected chi connectivity index (χ2v) is 6.93. The van der Waals surface area contributed by atoms with Crippen molar-refractivity contribution in [1.82, 2.24) is 4.40 Å². The first-order chi connectivity index (χ1) is 12.9. The summed E-state index contributed by atoms with van der Waals surface area (Å²) in [4.78, 5) is 24.2. The maximum atomic E-state index is 12.7. The van der Waals surface area contributed by atoms with Crippen LogP contribution in [-0.4, -0.2) is 22.6 Å². The van der Waals surface area contributed by atoms with Gasteiger partial charge in [0.25, 0.3) is 5.56 Å². The maximum absolute atomic E-state index is 12.7. The third kappa shape index (κ3) is 2.73. The number of benzene rings is 1. The molecular weight excluding hydrogens is 344 g/mol. The Morgan fingerprint density at radius 1 is 1.26 bits per heavy atom. The van der Waals surface area contributed by atoms with E-state index in [1.165, 1.54) is 4.40 Å². The van der Waals surface area contributed by atoms with E-state index >= 15 is 0 Å². The van der Waals surface area contributed by atoms with E-state index in [1.54, 1.807) is 25.4 Å². The summed E-state index contributed by atoms with van der Waals surface area (Å²) in [5, 5.41) is 9.40. The summed E-state index contributed by atoms with van der Waals surface area (Å²) in [5.74, 6) is -0.303. The Morgan fingerprint density at radius 3 is 2.63 bits per heavy atom. The number of nitrogens with zero attached hydrogens (tertiary/aromatic N) is 1. The number of hydrogen-bond acceptors (Lipinski definition) is 4. The molecule has 1 aliphatic carbocycles. The zero-order chi connectivity index (χ0) is 19.3. The smallest absolute Gasteiger partial charge is 0.341 e. The zero-order valence-electron chi connectivity index (χ0n) is 15.2. The minimum Gasteiger partial charge on any atom is -0.495 e. The van der Waals surface area contributed by atoms with Gasteiger partial charge in [0, 0.05) is 6.20 Å². The highest BCUT2D eigenvalue weighted by molar-refractivity contribution is 5.89. The van der Waals surface area contributed by atoms with Gasteiger partial charge >= 0.3 is 5.97 Å². The van der Waals surface area contributed by atoms with Crippen molar-refractivity contribution < 1.29 is 14.6 Å². The number of nitrogen functional groups attached to an aromatic ring is 1. The van der Waals surface area contributed by atoms with E-state index in [1.807, 2.05) is 25.1 Å². The number of ether oxygens (including phenoxy) is 1. The van der Waals surface area contributed by atoms with Crippen LogP contribution in [0.25, 0.3) is 16.6 Å². The summed E-state index contributed by atoms with van der Waals surface area (Å²) in [6, 6.07) is 8.96. The van der Waals surface area contributed by atoms with Gasteiger partial charge in [-0.3, -0.25) is 9.20 Å². The highest BCUT2D eigenvalue weighted by atomic mass is 16.5. The molecule has 0 saturated heterocycles. The largest absolute Gasteiger partial charge is 0.495 e. The van der Waals surface area contributed by atoms with E-state index in [4.69, 9.17) is 10.5 Å². The van der Waals surface area contributed by atoms with Gasteiger partial charge in [-0.05, 0) is 72.2 Å². The van der Waals surface area contributed by atoms with Gasteiger partial charge in [-0.1, -0.05) is 6.07 Å². The molecule has 6 nitrogen and oxygen atoms in total. The monoisotopic (exact) mass is 364 g/mol. The highest BCUT2D eigenvalue weighted by Gasteiger charge is 2.29. The van der Waals surface area contributed by atoms with E-state index in [2.05, 4.69) is 0 Å². The van der Waals surface area contributed by atoms with E-state index in [-0.39, 0.29) is 5.56 Å². The third-order valence-electron chi connectivity index (χ3n) is 5.20. The fraction of sp³-hybridized carbons (Fsp3) is 0.238. The summed E-state index contributed by atoms with van der Waals surface area (Å²) < 4.78 is 6.78. The fourth-order valence-corrected chi connectivity index (χ4v) is 3.65. The number of fused-ring (bicyclic) bond motifs is 1. The number of aromatic nitrogens is 1. The quantitative estimate of drug-likeness (QED) is 0.692. The Labute approximate surface area is 155 Å². The van der Waals surface area contributed by atoms with Crippen LogP contribution in [-0.2, 0) is 0 Å². The van der Waals surface area contributed by atoms with Gasteiger partial charge < -0.3 is 15.6 Å². The van der Waals surface area contributed by atoms with Gasteiger partial charge in [-0.25, -0.2) is 4.79 Å². The van der Waals surface area contributed by atoms with Crippen LogP contribution in [0.1, 0.15) is 40.2 Å². The van der Waals surface area contributed by atoms with Crippen LogP contribution in [0.2, 0.25) is 0 Å². The molecule has 2 aromatic heterocycles. The Bertz CT molecular complexity index is 1140. The molecule has 3 N–H and O–H groups in total. The topological polar surface area (TPSA) is 94.0 Å². The number of carbonyl (C=O) groups is 1. The zero-order valence-corrected chi connectivity index (χ0v) is 15.2. The summed E-state index contributed by atoms with van der Waals surface area (Å²) in [6.45, 7) is 1.96. The predicted octanol–water partition coefficient (Wildman–Crippen LogP) is 3.44. The summed E-state index contributed by atoms with van der Waals surface area (Å²) in [5.41, 5.74) is 10.3. The fourth-order valence-electron chi connectivity index (χ4n) is 3.65. The van der Waals surface area contributed by atoms with Gasteiger partial charge in [-0.2, -0.15) is 0 Å². The molecule has 0 spiro atoms. The van der Waals surface area contributed by atoms with Gasteiger partial charge in [0.1, 0.15) is 11.3 Å². The van der Waals surface area contributed by atoms with Crippen LogP contribution in [0, 0.1) is 6.92 Å². The molecule has 0 aliphatic heterocycles. The lowest BCUT2D eigenvalue weighted by Gasteiger charge is -2.16. The molecule has 1 saturated carbocycles. The predicted molar refractivity (Wildman–Crippen MR) is 104 cm³/mol. The number of rotatable bonds is 4. The van der Waals surface area contributed by atoms with Gasteiger partial charge in [0.05, 0.1) is 18.3 Å². The van der Waals surface area contributed by atoms with Crippen molar-refractivity contribution in [2.75, 3.05) is 12.8 Å². The van der Waals surface area contributed by atoms with E-state index < -0.39 is 11.5 Å². The Kier molecular flexibility index (Phi) is 3.91. The van der Waals surface area contributed by atoms with Crippen molar-refractivity contribution in [1.29, 1.82) is 0 Å². The van der Waals surface area contributed by atoms with Crippen molar-refractivity contribution in [3.8, 4) is 16.9 Å². The molecule has 1 aromatic carbocycles. The lowest BCUT2D eigenvalue weighted by molar-refractivity contribution is 0.0694. The van der Waals surface area contributed by atoms with Crippen molar-refractivity contribution in [3.63, 3.8) is 0 Å². The molecule has 0 unspecified atom stereocenters. The summed E-state index contributed by atoms with van der Waals surface area (Å²) in [7, 11) is 1.57. The van der Waals surface area contributed by atoms with Crippen LogP contribution in [0.5, 0.6) is 5.75 Å². The molecule has 0 radical (unpaired) electrons. The van der Waals surface area contributed by atoms with E-state index in [0.29, 0.717) is 17.4 Å². The second kappa shape index (κ2) is 6.16. The third-order valence-corrected chi connectivity index (χ3v) is 5.20. The number of aryl methyl sites for hydroxylation is 1. The van der Waals surface area contributed by atoms with Crippen molar-refractivity contribution in [3.05, 3.63) is 63.6 Å². The number of anilines is 1. The van der Waals surface area contributed by atoms with E-state index in [0.717, 1.165) is 40.6 Å². The first kappa shape index (κ1) is 17.1. The molecule has 0 bridgehead atoms. The number of carboxylic acid groups (broad SMARTS) is 1. The van der Waals surface area contributed by atoms with Gasteiger partial charge in [-0.15, -0.1) is 0 Å². The second-order valence-electron chi connectivity index (χ2n) is 6.93. The first-order valence-electron chi connectivity index (χ1n) is 8.78. The molecule has 1 aliphatic rings. The lowest BCUT2D eigenvalue weighted by atomic mass is 9.96. The highest BCUT2D eigenvalue weighted by Crippen LogP contribution is 2.43. The van der Waals surface area contributed by atoms with Crippen molar-refractivity contribution in [2.24, 2.45) is 0 Å². The van der Waals surface area contributed by atoms with Crippen LogP contribution in [0.4, 0.5) is 5.69 Å². The number of aromatic carboxylic acids is 1. The van der Waals surface area contributed by atoms with Crippen LogP contribution >= 0.6 is 0 Å². The molecule has 4 rings (SSSR count). The van der Waals surface area contributed by atoms with E-state index in [9.17, 15) is 14.7 Å². The molecule has 138 valence electrons. The molecule has 1 fully saturated rings. The molecule has 3 aromatic rings. The number of pyridine rings is 2.